The lowest BCUT2D eigenvalue weighted by atomic mass is 10.0. The smallest absolute Gasteiger partial charge is 0.0997 e. The molecule has 0 aliphatic heterocycles. The maximum absolute atomic E-state index is 5.88. The fraction of sp³-hybridized carbons (Fsp3) is 0.438. The van der Waals surface area contributed by atoms with E-state index in [1.54, 1.807) is 0 Å². The second-order valence-electron chi connectivity index (χ2n) is 5.67. The molecule has 0 bridgehead atoms. The van der Waals surface area contributed by atoms with Gasteiger partial charge in [0, 0.05) is 21.9 Å². The molecule has 3 rings (SSSR count). The second kappa shape index (κ2) is 5.70. The maximum atomic E-state index is 5.88. The van der Waals surface area contributed by atoms with E-state index in [4.69, 9.17) is 5.73 Å². The Morgan fingerprint density at radius 2 is 2.15 bits per heavy atom. The molecule has 1 aliphatic carbocycles. The van der Waals surface area contributed by atoms with Crippen LogP contribution >= 0.6 is 15.9 Å². The van der Waals surface area contributed by atoms with Crippen molar-refractivity contribution in [3.05, 3.63) is 46.0 Å². The fourth-order valence-corrected chi connectivity index (χ4v) is 3.42. The maximum Gasteiger partial charge on any atom is 0.0997 e. The van der Waals surface area contributed by atoms with Crippen molar-refractivity contribution in [3.8, 4) is 5.69 Å². The zero-order valence-electron chi connectivity index (χ0n) is 11.8. The molecule has 1 heterocycles. The third-order valence-electron chi connectivity index (χ3n) is 3.89. The van der Waals surface area contributed by atoms with Crippen molar-refractivity contribution >= 4 is 15.9 Å². The second-order valence-corrected chi connectivity index (χ2v) is 6.53. The van der Waals surface area contributed by atoms with Gasteiger partial charge in [0.1, 0.15) is 0 Å². The molecule has 0 radical (unpaired) electrons. The lowest BCUT2D eigenvalue weighted by Crippen LogP contribution is -2.18. The van der Waals surface area contributed by atoms with Gasteiger partial charge in [-0.25, -0.2) is 4.98 Å². The van der Waals surface area contributed by atoms with Crippen molar-refractivity contribution < 1.29 is 0 Å². The molecule has 0 fully saturated rings. The van der Waals surface area contributed by atoms with Crippen molar-refractivity contribution in [2.24, 2.45) is 5.73 Å². The summed E-state index contributed by atoms with van der Waals surface area (Å²) >= 11 is 3.67. The Morgan fingerprint density at radius 1 is 1.35 bits per heavy atom. The summed E-state index contributed by atoms with van der Waals surface area (Å²) in [5.74, 6) is 0. The van der Waals surface area contributed by atoms with Gasteiger partial charge >= 0.3 is 0 Å². The quantitative estimate of drug-likeness (QED) is 0.935. The Kier molecular flexibility index (Phi) is 3.94. The van der Waals surface area contributed by atoms with E-state index in [-0.39, 0.29) is 6.04 Å². The molecular weight excluding hydrogens is 314 g/mol. The lowest BCUT2D eigenvalue weighted by molar-refractivity contribution is 0.656. The highest BCUT2D eigenvalue weighted by molar-refractivity contribution is 9.10. The van der Waals surface area contributed by atoms with Gasteiger partial charge in [-0.3, -0.25) is 0 Å². The Labute approximate surface area is 128 Å². The van der Waals surface area contributed by atoms with E-state index in [0.29, 0.717) is 0 Å². The SMILES string of the molecule is CC(N)Cc1ccc(-n2cnc3c2CCCC3)cc1Br. The summed E-state index contributed by atoms with van der Waals surface area (Å²) in [5.41, 5.74) is 11.0. The Hall–Kier alpha value is -1.13. The van der Waals surface area contributed by atoms with Crippen LogP contribution in [0.5, 0.6) is 0 Å². The average molecular weight is 334 g/mol. The van der Waals surface area contributed by atoms with Gasteiger partial charge in [0.05, 0.1) is 12.0 Å². The number of hydrogen-bond acceptors (Lipinski definition) is 2. The Bertz CT molecular complexity index is 616. The monoisotopic (exact) mass is 333 g/mol. The number of fused-ring (bicyclic) bond motifs is 1. The summed E-state index contributed by atoms with van der Waals surface area (Å²) in [5, 5.41) is 0. The molecule has 2 N–H and O–H groups in total. The minimum atomic E-state index is 0.179. The molecular formula is C16H20BrN3. The Balaban J connectivity index is 1.95. The molecule has 106 valence electrons. The highest BCUT2D eigenvalue weighted by Gasteiger charge is 2.16. The number of nitrogens with two attached hydrogens (primary N) is 1. The molecule has 0 saturated carbocycles. The number of aromatic nitrogens is 2. The zero-order valence-corrected chi connectivity index (χ0v) is 13.4. The first-order valence-electron chi connectivity index (χ1n) is 7.24. The van der Waals surface area contributed by atoms with Gasteiger partial charge in [0.15, 0.2) is 0 Å². The summed E-state index contributed by atoms with van der Waals surface area (Å²) in [6.07, 6.45) is 7.64. The molecule has 1 atom stereocenters. The van der Waals surface area contributed by atoms with Crippen molar-refractivity contribution in [1.29, 1.82) is 0 Å². The first kappa shape index (κ1) is 13.8. The first-order valence-corrected chi connectivity index (χ1v) is 8.04. The van der Waals surface area contributed by atoms with Gasteiger partial charge < -0.3 is 10.3 Å². The van der Waals surface area contributed by atoms with Crippen LogP contribution < -0.4 is 5.73 Å². The number of nitrogens with zero attached hydrogens (tertiary/aromatic N) is 2. The molecule has 0 amide bonds. The molecule has 1 aromatic heterocycles. The standard InChI is InChI=1S/C16H20BrN3/c1-11(18)8-12-6-7-13(9-14(12)17)20-10-19-15-4-2-3-5-16(15)20/h6-7,9-11H,2-5,8,18H2,1H3. The minimum Gasteiger partial charge on any atom is -0.328 e. The molecule has 3 nitrogen and oxygen atoms in total. The zero-order chi connectivity index (χ0) is 14.1. The lowest BCUT2D eigenvalue weighted by Gasteiger charge is -2.15. The van der Waals surface area contributed by atoms with Crippen LogP contribution in [0.15, 0.2) is 29.0 Å². The van der Waals surface area contributed by atoms with E-state index >= 15 is 0 Å². The molecule has 0 saturated heterocycles. The highest BCUT2D eigenvalue weighted by Crippen LogP contribution is 2.26. The van der Waals surface area contributed by atoms with Crippen molar-refractivity contribution in [2.45, 2.75) is 45.1 Å². The third-order valence-corrected chi connectivity index (χ3v) is 4.63. The van der Waals surface area contributed by atoms with Gasteiger partial charge in [-0.05, 0) is 56.7 Å². The summed E-state index contributed by atoms with van der Waals surface area (Å²) in [6, 6.07) is 6.68. The number of halogens is 1. The van der Waals surface area contributed by atoms with Crippen molar-refractivity contribution in [2.75, 3.05) is 0 Å². The number of hydrogen-bond donors (Lipinski definition) is 1. The van der Waals surface area contributed by atoms with Gasteiger partial charge in [0.2, 0.25) is 0 Å². The van der Waals surface area contributed by atoms with Crippen LogP contribution in [0.25, 0.3) is 5.69 Å². The molecule has 0 spiro atoms. The number of rotatable bonds is 3. The van der Waals surface area contributed by atoms with Crippen molar-refractivity contribution in [3.63, 3.8) is 0 Å². The summed E-state index contributed by atoms with van der Waals surface area (Å²) < 4.78 is 3.36. The van der Waals surface area contributed by atoms with Crippen LogP contribution in [0.2, 0.25) is 0 Å². The van der Waals surface area contributed by atoms with Crippen LogP contribution in [0, 0.1) is 0 Å². The van der Waals surface area contributed by atoms with Gasteiger partial charge in [-0.15, -0.1) is 0 Å². The highest BCUT2D eigenvalue weighted by atomic mass is 79.9. The normalized spacial score (nSPS) is 15.9. The molecule has 1 aromatic carbocycles. The van der Waals surface area contributed by atoms with Gasteiger partial charge in [-0.1, -0.05) is 22.0 Å². The van der Waals surface area contributed by atoms with E-state index in [9.17, 15) is 0 Å². The summed E-state index contributed by atoms with van der Waals surface area (Å²) in [7, 11) is 0. The largest absolute Gasteiger partial charge is 0.328 e. The predicted octanol–water partition coefficient (Wildman–Crippen LogP) is 3.40. The topological polar surface area (TPSA) is 43.8 Å². The first-order chi connectivity index (χ1) is 9.65. The minimum absolute atomic E-state index is 0.179. The van der Waals surface area contributed by atoms with Gasteiger partial charge in [-0.2, -0.15) is 0 Å². The number of benzene rings is 1. The van der Waals surface area contributed by atoms with E-state index in [1.165, 1.54) is 35.5 Å². The van der Waals surface area contributed by atoms with E-state index in [1.807, 2.05) is 13.3 Å². The van der Waals surface area contributed by atoms with Crippen LogP contribution in [0.3, 0.4) is 0 Å². The van der Waals surface area contributed by atoms with E-state index < -0.39 is 0 Å². The Morgan fingerprint density at radius 3 is 2.90 bits per heavy atom. The van der Waals surface area contributed by atoms with E-state index in [0.717, 1.165) is 23.7 Å². The molecule has 1 unspecified atom stereocenters. The van der Waals surface area contributed by atoms with Crippen LogP contribution in [-0.2, 0) is 19.3 Å². The average Bonchev–Trinajstić information content (AvgIpc) is 2.84. The summed E-state index contributed by atoms with van der Waals surface area (Å²) in [6.45, 7) is 2.03. The molecule has 4 heteroatoms. The van der Waals surface area contributed by atoms with Crippen molar-refractivity contribution in [1.82, 2.24) is 9.55 Å². The molecule has 2 aromatic rings. The number of imidazole rings is 1. The van der Waals surface area contributed by atoms with Crippen LogP contribution in [-0.4, -0.2) is 15.6 Å². The number of aryl methyl sites for hydroxylation is 1. The molecule has 1 aliphatic rings. The predicted molar refractivity (Wildman–Crippen MR) is 85.3 cm³/mol. The summed E-state index contributed by atoms with van der Waals surface area (Å²) in [4.78, 5) is 4.56. The molecule has 20 heavy (non-hydrogen) atoms. The third kappa shape index (κ3) is 2.67. The fourth-order valence-electron chi connectivity index (χ4n) is 2.89. The van der Waals surface area contributed by atoms with Crippen LogP contribution in [0.1, 0.15) is 36.7 Å². The van der Waals surface area contributed by atoms with Gasteiger partial charge in [0.25, 0.3) is 0 Å². The van der Waals surface area contributed by atoms with E-state index in [2.05, 4.69) is 43.7 Å². The van der Waals surface area contributed by atoms with Crippen LogP contribution in [0.4, 0.5) is 0 Å².